The highest BCUT2D eigenvalue weighted by Crippen LogP contribution is 2.27. The number of hydrogen-bond acceptors (Lipinski definition) is 6. The molecule has 0 unspecified atom stereocenters. The molecule has 0 fully saturated rings. The van der Waals surface area contributed by atoms with Crippen LogP contribution in [-0.2, 0) is 16.1 Å². The molecule has 2 heterocycles. The van der Waals surface area contributed by atoms with Crippen molar-refractivity contribution in [3.8, 4) is 0 Å². The lowest BCUT2D eigenvalue weighted by Gasteiger charge is -2.15. The van der Waals surface area contributed by atoms with Crippen molar-refractivity contribution in [1.82, 2.24) is 10.3 Å². The van der Waals surface area contributed by atoms with E-state index in [1.807, 2.05) is 6.92 Å². The van der Waals surface area contributed by atoms with Crippen molar-refractivity contribution in [1.29, 1.82) is 0 Å². The van der Waals surface area contributed by atoms with Gasteiger partial charge in [0.1, 0.15) is 10.8 Å². The average molecular weight is 348 g/mol. The quantitative estimate of drug-likeness (QED) is 0.583. The Morgan fingerprint density at radius 1 is 1.33 bits per heavy atom. The fourth-order valence-corrected chi connectivity index (χ4v) is 3.03. The zero-order valence-electron chi connectivity index (χ0n) is 13.7. The van der Waals surface area contributed by atoms with Crippen LogP contribution in [-0.4, -0.2) is 28.7 Å². The Hall–Kier alpha value is -2.28. The molecular weight excluding hydrogens is 328 g/mol. The molecule has 0 saturated heterocycles. The summed E-state index contributed by atoms with van der Waals surface area (Å²) in [6.07, 6.45) is 3.76. The summed E-state index contributed by atoms with van der Waals surface area (Å²) in [6.45, 7) is 4.28. The maximum atomic E-state index is 12.4. The molecule has 0 radical (unpaired) electrons. The number of pyridine rings is 1. The number of aromatic nitrogens is 1. The molecule has 0 spiro atoms. The molecule has 1 atom stereocenters. The van der Waals surface area contributed by atoms with E-state index in [1.54, 1.807) is 43.6 Å². The van der Waals surface area contributed by atoms with Crippen molar-refractivity contribution in [3.05, 3.63) is 48.0 Å². The van der Waals surface area contributed by atoms with Gasteiger partial charge in [0.25, 0.3) is 0 Å². The van der Waals surface area contributed by atoms with Gasteiger partial charge >= 0.3 is 5.97 Å². The SMILES string of the molecule is CCOC(=O)c1cccnc1S[C@@H](CC)C(=O)NCc1ccco1. The van der Waals surface area contributed by atoms with Crippen LogP contribution in [0, 0.1) is 0 Å². The second-order valence-corrected chi connectivity index (χ2v) is 6.08. The van der Waals surface area contributed by atoms with Gasteiger partial charge in [-0.3, -0.25) is 4.79 Å². The third kappa shape index (κ3) is 4.86. The van der Waals surface area contributed by atoms with Crippen molar-refractivity contribution in [2.75, 3.05) is 6.61 Å². The molecule has 0 saturated carbocycles. The van der Waals surface area contributed by atoms with Gasteiger partial charge < -0.3 is 14.5 Å². The highest BCUT2D eigenvalue weighted by Gasteiger charge is 2.22. The number of amides is 1. The summed E-state index contributed by atoms with van der Waals surface area (Å²) in [7, 11) is 0. The lowest BCUT2D eigenvalue weighted by atomic mass is 10.3. The molecule has 7 heteroatoms. The van der Waals surface area contributed by atoms with Crippen LogP contribution in [0.4, 0.5) is 0 Å². The molecule has 6 nitrogen and oxygen atoms in total. The Labute approximate surface area is 145 Å². The zero-order chi connectivity index (χ0) is 17.4. The van der Waals surface area contributed by atoms with E-state index in [4.69, 9.17) is 9.15 Å². The second-order valence-electron chi connectivity index (χ2n) is 4.89. The zero-order valence-corrected chi connectivity index (χ0v) is 14.5. The predicted molar refractivity (Wildman–Crippen MR) is 90.7 cm³/mol. The van der Waals surface area contributed by atoms with Gasteiger partial charge in [0, 0.05) is 6.20 Å². The molecule has 0 aliphatic rings. The van der Waals surface area contributed by atoms with Crippen LogP contribution < -0.4 is 5.32 Å². The molecule has 0 aliphatic heterocycles. The summed E-state index contributed by atoms with van der Waals surface area (Å²) in [5.74, 6) is 0.131. The Morgan fingerprint density at radius 3 is 2.83 bits per heavy atom. The van der Waals surface area contributed by atoms with Gasteiger partial charge in [-0.2, -0.15) is 0 Å². The first-order valence-electron chi connectivity index (χ1n) is 7.74. The van der Waals surface area contributed by atoms with E-state index in [2.05, 4.69) is 10.3 Å². The van der Waals surface area contributed by atoms with Gasteiger partial charge in [-0.1, -0.05) is 18.7 Å². The summed E-state index contributed by atoms with van der Waals surface area (Å²) >= 11 is 1.26. The number of rotatable bonds is 8. The van der Waals surface area contributed by atoms with Gasteiger partial charge in [-0.05, 0) is 37.6 Å². The Bertz CT molecular complexity index is 673. The van der Waals surface area contributed by atoms with Crippen molar-refractivity contribution < 1.29 is 18.7 Å². The number of furan rings is 1. The van der Waals surface area contributed by atoms with Crippen LogP contribution in [0.15, 0.2) is 46.2 Å². The predicted octanol–water partition coefficient (Wildman–Crippen LogP) is 3.04. The third-order valence-electron chi connectivity index (χ3n) is 3.20. The van der Waals surface area contributed by atoms with Crippen molar-refractivity contribution in [3.63, 3.8) is 0 Å². The maximum Gasteiger partial charge on any atom is 0.340 e. The van der Waals surface area contributed by atoms with Crippen LogP contribution in [0.1, 0.15) is 36.4 Å². The van der Waals surface area contributed by atoms with E-state index >= 15 is 0 Å². The van der Waals surface area contributed by atoms with E-state index < -0.39 is 5.97 Å². The first-order chi connectivity index (χ1) is 11.7. The Balaban J connectivity index is 2.04. The number of nitrogens with one attached hydrogen (secondary N) is 1. The molecule has 0 aliphatic carbocycles. The lowest BCUT2D eigenvalue weighted by molar-refractivity contribution is -0.120. The van der Waals surface area contributed by atoms with Gasteiger partial charge in [0.2, 0.25) is 5.91 Å². The summed E-state index contributed by atoms with van der Waals surface area (Å²) in [6, 6.07) is 6.90. The number of carbonyl (C=O) groups is 2. The number of nitrogens with zero attached hydrogens (tertiary/aromatic N) is 1. The molecule has 2 aromatic heterocycles. The van der Waals surface area contributed by atoms with E-state index in [0.29, 0.717) is 35.9 Å². The summed E-state index contributed by atoms with van der Waals surface area (Å²) in [4.78, 5) is 28.6. The molecular formula is C17H20N2O4S. The fraction of sp³-hybridized carbons (Fsp3) is 0.353. The first kappa shape index (κ1) is 18.1. The van der Waals surface area contributed by atoms with Crippen LogP contribution in [0.5, 0.6) is 0 Å². The number of thioether (sulfide) groups is 1. The Morgan fingerprint density at radius 2 is 2.17 bits per heavy atom. The second kappa shape index (κ2) is 9.12. The molecule has 128 valence electrons. The molecule has 1 N–H and O–H groups in total. The molecule has 2 rings (SSSR count). The highest BCUT2D eigenvalue weighted by atomic mass is 32.2. The maximum absolute atomic E-state index is 12.4. The molecule has 1 amide bonds. The van der Waals surface area contributed by atoms with Gasteiger partial charge in [0.15, 0.2) is 0 Å². The number of esters is 1. The van der Waals surface area contributed by atoms with Crippen LogP contribution in [0.25, 0.3) is 0 Å². The minimum absolute atomic E-state index is 0.126. The molecule has 2 aromatic rings. The first-order valence-corrected chi connectivity index (χ1v) is 8.62. The third-order valence-corrected chi connectivity index (χ3v) is 4.58. The number of ether oxygens (including phenoxy) is 1. The monoisotopic (exact) mass is 348 g/mol. The molecule has 0 aromatic carbocycles. The normalized spacial score (nSPS) is 11.8. The Kier molecular flexibility index (Phi) is 6.87. The minimum atomic E-state index is -0.432. The lowest BCUT2D eigenvalue weighted by Crippen LogP contribution is -2.32. The van der Waals surface area contributed by atoms with Gasteiger partial charge in [-0.15, -0.1) is 0 Å². The smallest absolute Gasteiger partial charge is 0.340 e. The topological polar surface area (TPSA) is 81.4 Å². The average Bonchev–Trinajstić information content (AvgIpc) is 3.11. The summed E-state index contributed by atoms with van der Waals surface area (Å²) in [5, 5.41) is 2.97. The van der Waals surface area contributed by atoms with E-state index in [9.17, 15) is 9.59 Å². The van der Waals surface area contributed by atoms with Crippen molar-refractivity contribution >= 4 is 23.6 Å². The number of carbonyl (C=O) groups excluding carboxylic acids is 2. The summed E-state index contributed by atoms with van der Waals surface area (Å²) < 4.78 is 10.2. The fourth-order valence-electron chi connectivity index (χ4n) is 2.01. The summed E-state index contributed by atoms with van der Waals surface area (Å²) in [5.41, 5.74) is 0.377. The van der Waals surface area contributed by atoms with Gasteiger partial charge in [-0.25, -0.2) is 9.78 Å². The largest absolute Gasteiger partial charge is 0.467 e. The van der Waals surface area contributed by atoms with Crippen LogP contribution >= 0.6 is 11.8 Å². The van der Waals surface area contributed by atoms with Crippen molar-refractivity contribution in [2.45, 2.75) is 37.1 Å². The van der Waals surface area contributed by atoms with E-state index in [1.165, 1.54) is 11.8 Å². The molecule has 24 heavy (non-hydrogen) atoms. The number of hydrogen-bond donors (Lipinski definition) is 1. The van der Waals surface area contributed by atoms with Crippen LogP contribution in [0.3, 0.4) is 0 Å². The van der Waals surface area contributed by atoms with Crippen molar-refractivity contribution in [2.24, 2.45) is 0 Å². The van der Waals surface area contributed by atoms with Crippen LogP contribution in [0.2, 0.25) is 0 Å². The standard InChI is InChI=1S/C17H20N2O4S/c1-3-14(15(20)19-11-12-7-6-10-23-12)24-16-13(8-5-9-18-16)17(21)22-4-2/h5-10,14H,3-4,11H2,1-2H3,(H,19,20)/t14-/m0/s1. The van der Waals surface area contributed by atoms with E-state index in [-0.39, 0.29) is 11.2 Å². The van der Waals surface area contributed by atoms with E-state index in [0.717, 1.165) is 0 Å². The highest BCUT2D eigenvalue weighted by molar-refractivity contribution is 8.00. The van der Waals surface area contributed by atoms with Gasteiger partial charge in [0.05, 0.1) is 30.2 Å². The molecule has 0 bridgehead atoms. The minimum Gasteiger partial charge on any atom is -0.467 e.